The number of rotatable bonds is 7. The molecule has 15 heavy (non-hydrogen) atoms. The van der Waals surface area contributed by atoms with Gasteiger partial charge < -0.3 is 11.1 Å². The molecule has 0 aliphatic carbocycles. The van der Waals surface area contributed by atoms with Crippen LogP contribution in [0.1, 0.15) is 31.7 Å². The topological polar surface area (TPSA) is 38.0 Å². The second-order valence-corrected chi connectivity index (χ2v) is 4.02. The minimum Gasteiger partial charge on any atom is -0.327 e. The van der Waals surface area contributed by atoms with Crippen LogP contribution in [-0.4, -0.2) is 12.6 Å². The van der Waals surface area contributed by atoms with E-state index in [9.17, 15) is 0 Å². The van der Waals surface area contributed by atoms with Crippen LogP contribution in [0.3, 0.4) is 0 Å². The fourth-order valence-electron chi connectivity index (χ4n) is 1.57. The molecule has 0 aliphatic heterocycles. The van der Waals surface area contributed by atoms with Crippen LogP contribution in [0.15, 0.2) is 30.3 Å². The lowest BCUT2D eigenvalue weighted by Gasteiger charge is -2.12. The van der Waals surface area contributed by atoms with Crippen molar-refractivity contribution >= 4 is 0 Å². The summed E-state index contributed by atoms with van der Waals surface area (Å²) in [6.45, 7) is 4.03. The maximum Gasteiger partial charge on any atom is 0.0206 e. The minimum absolute atomic E-state index is 0.300. The van der Waals surface area contributed by atoms with Crippen LogP contribution < -0.4 is 11.1 Å². The summed E-state index contributed by atoms with van der Waals surface area (Å²) in [6, 6.07) is 10.7. The van der Waals surface area contributed by atoms with Crippen molar-refractivity contribution in [2.24, 2.45) is 5.73 Å². The van der Waals surface area contributed by atoms with Gasteiger partial charge in [-0.05, 0) is 12.0 Å². The van der Waals surface area contributed by atoms with E-state index < -0.39 is 0 Å². The monoisotopic (exact) mass is 206 g/mol. The number of hydrogen-bond acceptors (Lipinski definition) is 2. The van der Waals surface area contributed by atoms with Crippen molar-refractivity contribution in [3.63, 3.8) is 0 Å². The highest BCUT2D eigenvalue weighted by Gasteiger charge is 2.00. The molecule has 0 aliphatic rings. The van der Waals surface area contributed by atoms with Crippen LogP contribution in [0.5, 0.6) is 0 Å². The fourth-order valence-corrected chi connectivity index (χ4v) is 1.57. The van der Waals surface area contributed by atoms with Gasteiger partial charge in [0.15, 0.2) is 0 Å². The molecular formula is C13H22N2. The summed E-state index contributed by atoms with van der Waals surface area (Å²) in [5, 5.41) is 3.39. The zero-order valence-corrected chi connectivity index (χ0v) is 9.58. The van der Waals surface area contributed by atoms with E-state index in [1.807, 2.05) is 6.07 Å². The van der Waals surface area contributed by atoms with Gasteiger partial charge in [-0.25, -0.2) is 0 Å². The van der Waals surface area contributed by atoms with Crippen molar-refractivity contribution < 1.29 is 0 Å². The van der Waals surface area contributed by atoms with E-state index in [1.54, 1.807) is 0 Å². The lowest BCUT2D eigenvalue weighted by atomic mass is 10.1. The quantitative estimate of drug-likeness (QED) is 0.718. The highest BCUT2D eigenvalue weighted by molar-refractivity contribution is 5.14. The predicted octanol–water partition coefficient (Wildman–Crippen LogP) is 2.29. The molecule has 0 fully saturated rings. The fraction of sp³-hybridized carbons (Fsp3) is 0.538. The molecule has 3 N–H and O–H groups in total. The van der Waals surface area contributed by atoms with Gasteiger partial charge in [0.1, 0.15) is 0 Å². The average molecular weight is 206 g/mol. The molecular weight excluding hydrogens is 184 g/mol. The molecule has 1 aromatic rings. The Morgan fingerprint density at radius 1 is 1.27 bits per heavy atom. The maximum absolute atomic E-state index is 5.96. The summed E-state index contributed by atoms with van der Waals surface area (Å²) in [4.78, 5) is 0. The van der Waals surface area contributed by atoms with Crippen molar-refractivity contribution in [2.75, 3.05) is 6.54 Å². The van der Waals surface area contributed by atoms with E-state index in [1.165, 1.54) is 18.4 Å². The molecule has 0 amide bonds. The van der Waals surface area contributed by atoms with Crippen LogP contribution in [0.2, 0.25) is 0 Å². The van der Waals surface area contributed by atoms with Gasteiger partial charge in [-0.15, -0.1) is 0 Å². The van der Waals surface area contributed by atoms with Crippen LogP contribution in [0.25, 0.3) is 0 Å². The first-order valence-corrected chi connectivity index (χ1v) is 5.83. The lowest BCUT2D eigenvalue weighted by molar-refractivity contribution is 0.524. The van der Waals surface area contributed by atoms with Crippen molar-refractivity contribution in [3.8, 4) is 0 Å². The molecule has 2 heteroatoms. The summed E-state index contributed by atoms with van der Waals surface area (Å²) in [7, 11) is 0. The number of nitrogens with two attached hydrogens (primary N) is 1. The van der Waals surface area contributed by atoms with Crippen LogP contribution in [-0.2, 0) is 6.54 Å². The minimum atomic E-state index is 0.300. The Labute approximate surface area is 92.9 Å². The highest BCUT2D eigenvalue weighted by Crippen LogP contribution is 1.99. The van der Waals surface area contributed by atoms with Gasteiger partial charge in [-0.1, -0.05) is 50.1 Å². The Morgan fingerprint density at radius 2 is 2.00 bits per heavy atom. The van der Waals surface area contributed by atoms with E-state index >= 15 is 0 Å². The number of benzene rings is 1. The Kier molecular flexibility index (Phi) is 6.05. The third kappa shape index (κ3) is 5.55. The average Bonchev–Trinajstić information content (AvgIpc) is 2.28. The summed E-state index contributed by atoms with van der Waals surface area (Å²) in [5.74, 6) is 0. The van der Waals surface area contributed by atoms with Crippen LogP contribution in [0, 0.1) is 0 Å². The molecule has 1 aromatic carbocycles. The number of nitrogens with one attached hydrogen (secondary N) is 1. The molecule has 2 nitrogen and oxygen atoms in total. The second-order valence-electron chi connectivity index (χ2n) is 4.02. The standard InChI is InChI=1S/C13H22N2/c1-2-3-9-13(14)11-15-10-12-7-5-4-6-8-12/h4-8,13,15H,2-3,9-11,14H2,1H3/t13-/m0/s1. The van der Waals surface area contributed by atoms with Gasteiger partial charge in [-0.2, -0.15) is 0 Å². The molecule has 1 rings (SSSR count). The first-order chi connectivity index (χ1) is 7.33. The van der Waals surface area contributed by atoms with E-state index in [-0.39, 0.29) is 0 Å². The zero-order valence-electron chi connectivity index (χ0n) is 9.58. The van der Waals surface area contributed by atoms with Crippen LogP contribution in [0.4, 0.5) is 0 Å². The second kappa shape index (κ2) is 7.43. The van der Waals surface area contributed by atoms with Crippen LogP contribution >= 0.6 is 0 Å². The van der Waals surface area contributed by atoms with E-state index in [0.29, 0.717) is 6.04 Å². The first kappa shape index (κ1) is 12.2. The Hall–Kier alpha value is -0.860. The first-order valence-electron chi connectivity index (χ1n) is 5.83. The van der Waals surface area contributed by atoms with Gasteiger partial charge in [0.2, 0.25) is 0 Å². The van der Waals surface area contributed by atoms with Crippen molar-refractivity contribution in [1.82, 2.24) is 5.32 Å². The third-order valence-electron chi connectivity index (χ3n) is 2.51. The molecule has 0 saturated heterocycles. The molecule has 0 radical (unpaired) electrons. The molecule has 1 atom stereocenters. The van der Waals surface area contributed by atoms with Gasteiger partial charge in [0.05, 0.1) is 0 Å². The van der Waals surface area contributed by atoms with Gasteiger partial charge in [0.25, 0.3) is 0 Å². The zero-order chi connectivity index (χ0) is 10.9. The normalized spacial score (nSPS) is 12.7. The molecule has 0 unspecified atom stereocenters. The number of unbranched alkanes of at least 4 members (excludes halogenated alkanes) is 1. The smallest absolute Gasteiger partial charge is 0.0206 e. The molecule has 0 spiro atoms. The number of hydrogen-bond donors (Lipinski definition) is 2. The summed E-state index contributed by atoms with van der Waals surface area (Å²) in [5.41, 5.74) is 7.28. The van der Waals surface area contributed by atoms with Gasteiger partial charge >= 0.3 is 0 Å². The maximum atomic E-state index is 5.96. The molecule has 0 saturated carbocycles. The predicted molar refractivity (Wildman–Crippen MR) is 65.6 cm³/mol. The summed E-state index contributed by atoms with van der Waals surface area (Å²) in [6.07, 6.45) is 3.58. The van der Waals surface area contributed by atoms with Crippen molar-refractivity contribution in [3.05, 3.63) is 35.9 Å². The van der Waals surface area contributed by atoms with E-state index in [2.05, 4.69) is 36.5 Å². The van der Waals surface area contributed by atoms with E-state index in [4.69, 9.17) is 5.73 Å². The van der Waals surface area contributed by atoms with E-state index in [0.717, 1.165) is 19.5 Å². The van der Waals surface area contributed by atoms with Gasteiger partial charge in [-0.3, -0.25) is 0 Å². The lowest BCUT2D eigenvalue weighted by Crippen LogP contribution is -2.33. The Bertz CT molecular complexity index is 246. The highest BCUT2D eigenvalue weighted by atomic mass is 14.9. The van der Waals surface area contributed by atoms with Gasteiger partial charge in [0, 0.05) is 19.1 Å². The van der Waals surface area contributed by atoms with Crippen molar-refractivity contribution in [1.29, 1.82) is 0 Å². The third-order valence-corrected chi connectivity index (χ3v) is 2.51. The van der Waals surface area contributed by atoms with Crippen molar-refractivity contribution in [2.45, 2.75) is 38.8 Å². The summed E-state index contributed by atoms with van der Waals surface area (Å²) >= 11 is 0. The molecule has 84 valence electrons. The molecule has 0 aromatic heterocycles. The Balaban J connectivity index is 2.11. The molecule has 0 bridgehead atoms. The molecule has 0 heterocycles. The summed E-state index contributed by atoms with van der Waals surface area (Å²) < 4.78 is 0. The SMILES string of the molecule is CCCC[C@H](N)CNCc1ccccc1. The largest absolute Gasteiger partial charge is 0.327 e. The Morgan fingerprint density at radius 3 is 2.67 bits per heavy atom.